The number of methoxy groups -OCH3 is 1. The molecule has 1 aliphatic rings. The maximum atomic E-state index is 5.68. The van der Waals surface area contributed by atoms with Gasteiger partial charge in [-0.3, -0.25) is 9.88 Å². The molecule has 5 nitrogen and oxygen atoms in total. The number of nitrogens with zero attached hydrogens (tertiary/aromatic N) is 3. The van der Waals surface area contributed by atoms with E-state index in [1.807, 2.05) is 42.6 Å². The second kappa shape index (κ2) is 8.35. The van der Waals surface area contributed by atoms with E-state index in [-0.39, 0.29) is 6.04 Å². The van der Waals surface area contributed by atoms with Crippen LogP contribution in [0.2, 0.25) is 0 Å². The van der Waals surface area contributed by atoms with Gasteiger partial charge in [-0.15, -0.1) is 0 Å². The van der Waals surface area contributed by atoms with Crippen molar-refractivity contribution in [3.8, 4) is 17.1 Å². The van der Waals surface area contributed by atoms with Crippen molar-refractivity contribution in [2.45, 2.75) is 38.3 Å². The van der Waals surface area contributed by atoms with E-state index in [1.54, 1.807) is 7.11 Å². The van der Waals surface area contributed by atoms with Crippen molar-refractivity contribution in [3.05, 3.63) is 66.1 Å². The molecule has 0 saturated carbocycles. The van der Waals surface area contributed by atoms with Crippen molar-refractivity contribution in [2.75, 3.05) is 13.7 Å². The average molecular weight is 363 g/mol. The van der Waals surface area contributed by atoms with Gasteiger partial charge in [-0.25, -0.2) is 0 Å². The van der Waals surface area contributed by atoms with Gasteiger partial charge in [0.15, 0.2) is 5.76 Å². The van der Waals surface area contributed by atoms with Crippen molar-refractivity contribution in [2.24, 2.45) is 0 Å². The molecule has 0 bridgehead atoms. The largest absolute Gasteiger partial charge is 0.497 e. The second-order valence-corrected chi connectivity index (χ2v) is 7.00. The minimum atomic E-state index is 0.269. The molecule has 0 spiro atoms. The van der Waals surface area contributed by atoms with Crippen LogP contribution in [-0.2, 0) is 6.54 Å². The molecule has 1 atom stereocenters. The standard InChI is InChI=1S/C22H25N3O2/c1-26-19-11-9-17(10-12-19)22-15-20(24-27-22)21-8-3-2-6-14-25(21)16-18-7-4-5-13-23-18/h4-5,7,9-13,15,21H,2-3,6,8,14,16H2,1H3/t21-/m1/s1. The van der Waals surface area contributed by atoms with E-state index in [4.69, 9.17) is 9.26 Å². The summed E-state index contributed by atoms with van der Waals surface area (Å²) < 4.78 is 10.9. The Labute approximate surface area is 160 Å². The van der Waals surface area contributed by atoms with Crippen LogP contribution in [-0.4, -0.2) is 28.7 Å². The lowest BCUT2D eigenvalue weighted by molar-refractivity contribution is 0.182. The lowest BCUT2D eigenvalue weighted by atomic mass is 10.0. The Morgan fingerprint density at radius 3 is 2.78 bits per heavy atom. The third-order valence-electron chi connectivity index (χ3n) is 5.20. The molecule has 3 heterocycles. The Hall–Kier alpha value is -2.66. The minimum Gasteiger partial charge on any atom is -0.497 e. The molecular formula is C22H25N3O2. The Balaban J connectivity index is 1.56. The maximum Gasteiger partial charge on any atom is 0.167 e. The first-order valence-electron chi connectivity index (χ1n) is 9.58. The first kappa shape index (κ1) is 17.7. The quantitative estimate of drug-likeness (QED) is 0.648. The van der Waals surface area contributed by atoms with Crippen LogP contribution in [0.1, 0.15) is 43.1 Å². The van der Waals surface area contributed by atoms with E-state index in [2.05, 4.69) is 27.2 Å². The van der Waals surface area contributed by atoms with Gasteiger partial charge in [0.1, 0.15) is 11.4 Å². The summed E-state index contributed by atoms with van der Waals surface area (Å²) in [6.45, 7) is 1.90. The number of hydrogen-bond donors (Lipinski definition) is 0. The second-order valence-electron chi connectivity index (χ2n) is 7.00. The number of ether oxygens (including phenoxy) is 1. The lowest BCUT2D eigenvalue weighted by Crippen LogP contribution is -2.28. The van der Waals surface area contributed by atoms with E-state index >= 15 is 0 Å². The predicted molar refractivity (Wildman–Crippen MR) is 104 cm³/mol. The van der Waals surface area contributed by atoms with Crippen molar-refractivity contribution >= 4 is 0 Å². The third-order valence-corrected chi connectivity index (χ3v) is 5.20. The third kappa shape index (κ3) is 4.19. The topological polar surface area (TPSA) is 51.4 Å². The molecule has 27 heavy (non-hydrogen) atoms. The van der Waals surface area contributed by atoms with Crippen LogP contribution in [0, 0.1) is 0 Å². The van der Waals surface area contributed by atoms with Crippen LogP contribution in [0.4, 0.5) is 0 Å². The maximum absolute atomic E-state index is 5.68. The van der Waals surface area contributed by atoms with E-state index in [0.29, 0.717) is 0 Å². The van der Waals surface area contributed by atoms with Gasteiger partial charge in [-0.05, 0) is 55.8 Å². The summed E-state index contributed by atoms with van der Waals surface area (Å²) in [7, 11) is 1.67. The van der Waals surface area contributed by atoms with Crippen molar-refractivity contribution in [1.29, 1.82) is 0 Å². The monoisotopic (exact) mass is 363 g/mol. The SMILES string of the molecule is COc1ccc(-c2cc([C@H]3CCCCCN3Cc3ccccn3)no2)cc1. The molecule has 1 aromatic carbocycles. The molecule has 0 N–H and O–H groups in total. The average Bonchev–Trinajstić information content (AvgIpc) is 3.10. The Bertz CT molecular complexity index is 846. The molecule has 1 aliphatic heterocycles. The Morgan fingerprint density at radius 1 is 1.11 bits per heavy atom. The van der Waals surface area contributed by atoms with Crippen LogP contribution in [0.25, 0.3) is 11.3 Å². The normalized spacial score (nSPS) is 18.2. The molecule has 0 radical (unpaired) electrons. The van der Waals surface area contributed by atoms with Gasteiger partial charge < -0.3 is 9.26 Å². The van der Waals surface area contributed by atoms with E-state index in [9.17, 15) is 0 Å². The van der Waals surface area contributed by atoms with E-state index in [0.717, 1.165) is 48.0 Å². The number of hydrogen-bond acceptors (Lipinski definition) is 5. The fourth-order valence-electron chi connectivity index (χ4n) is 3.73. The fraction of sp³-hybridized carbons (Fsp3) is 0.364. The minimum absolute atomic E-state index is 0.269. The van der Waals surface area contributed by atoms with Crippen molar-refractivity contribution in [3.63, 3.8) is 0 Å². The van der Waals surface area contributed by atoms with Crippen molar-refractivity contribution < 1.29 is 9.26 Å². The van der Waals surface area contributed by atoms with E-state index in [1.165, 1.54) is 19.3 Å². The van der Waals surface area contributed by atoms with Crippen LogP contribution < -0.4 is 4.74 Å². The zero-order valence-corrected chi connectivity index (χ0v) is 15.7. The summed E-state index contributed by atoms with van der Waals surface area (Å²) in [5, 5.41) is 4.42. The van der Waals surface area contributed by atoms with E-state index < -0.39 is 0 Å². The molecule has 1 saturated heterocycles. The van der Waals surface area contributed by atoms with Crippen LogP contribution in [0.5, 0.6) is 5.75 Å². The van der Waals surface area contributed by atoms with Gasteiger partial charge in [-0.2, -0.15) is 0 Å². The summed E-state index contributed by atoms with van der Waals surface area (Å²) in [5.41, 5.74) is 3.13. The molecule has 1 fully saturated rings. The van der Waals surface area contributed by atoms with Gasteiger partial charge in [0.25, 0.3) is 0 Å². The molecule has 0 aliphatic carbocycles. The summed E-state index contributed by atoms with van der Waals surface area (Å²) in [4.78, 5) is 6.99. The number of aromatic nitrogens is 2. The highest BCUT2D eigenvalue weighted by molar-refractivity contribution is 5.58. The van der Waals surface area contributed by atoms with Gasteiger partial charge in [0, 0.05) is 24.4 Å². The first-order chi connectivity index (χ1) is 13.3. The first-order valence-corrected chi connectivity index (χ1v) is 9.58. The van der Waals surface area contributed by atoms with Gasteiger partial charge in [0.2, 0.25) is 0 Å². The summed E-state index contributed by atoms with van der Waals surface area (Å²) in [6, 6.07) is 16.3. The molecular weight excluding hydrogens is 338 g/mol. The molecule has 2 aromatic heterocycles. The summed E-state index contributed by atoms with van der Waals surface area (Å²) in [5.74, 6) is 1.64. The van der Waals surface area contributed by atoms with Crippen LogP contribution in [0.3, 0.4) is 0 Å². The van der Waals surface area contributed by atoms with Gasteiger partial charge in [-0.1, -0.05) is 24.1 Å². The number of likely N-dealkylation sites (tertiary alicyclic amines) is 1. The molecule has 5 heteroatoms. The van der Waals surface area contributed by atoms with Crippen LogP contribution >= 0.6 is 0 Å². The fourth-order valence-corrected chi connectivity index (χ4v) is 3.73. The zero-order chi connectivity index (χ0) is 18.5. The Morgan fingerprint density at radius 2 is 2.00 bits per heavy atom. The summed E-state index contributed by atoms with van der Waals surface area (Å²) >= 11 is 0. The lowest BCUT2D eigenvalue weighted by Gasteiger charge is -2.27. The zero-order valence-electron chi connectivity index (χ0n) is 15.7. The molecule has 0 amide bonds. The highest BCUT2D eigenvalue weighted by Gasteiger charge is 2.26. The molecule has 140 valence electrons. The van der Waals surface area contributed by atoms with Gasteiger partial charge in [0.05, 0.1) is 18.8 Å². The van der Waals surface area contributed by atoms with Crippen molar-refractivity contribution in [1.82, 2.24) is 15.0 Å². The smallest absolute Gasteiger partial charge is 0.167 e. The molecule has 3 aromatic rings. The van der Waals surface area contributed by atoms with Crippen LogP contribution in [0.15, 0.2) is 59.3 Å². The predicted octanol–water partition coefficient (Wildman–Crippen LogP) is 4.86. The molecule has 0 unspecified atom stereocenters. The number of benzene rings is 1. The number of rotatable bonds is 5. The Kier molecular flexibility index (Phi) is 5.49. The van der Waals surface area contributed by atoms with Gasteiger partial charge >= 0.3 is 0 Å². The molecule has 4 rings (SSSR count). The highest BCUT2D eigenvalue weighted by atomic mass is 16.5. The highest BCUT2D eigenvalue weighted by Crippen LogP contribution is 2.33. The number of pyridine rings is 1. The summed E-state index contributed by atoms with van der Waals surface area (Å²) in [6.07, 6.45) is 6.65.